The highest BCUT2D eigenvalue weighted by atomic mass is 19.4. The van der Waals surface area contributed by atoms with Crippen LogP contribution in [0.5, 0.6) is 0 Å². The molecule has 0 fully saturated rings. The number of halogens is 3. The molecule has 1 rings (SSSR count). The maximum Gasteiger partial charge on any atom is 0.415 e. The van der Waals surface area contributed by atoms with Gasteiger partial charge in [-0.05, 0) is 24.6 Å². The van der Waals surface area contributed by atoms with E-state index >= 15 is 0 Å². The van der Waals surface area contributed by atoms with Gasteiger partial charge in [0.1, 0.15) is 0 Å². The van der Waals surface area contributed by atoms with E-state index in [0.717, 1.165) is 0 Å². The van der Waals surface area contributed by atoms with E-state index in [2.05, 4.69) is 0 Å². The van der Waals surface area contributed by atoms with Gasteiger partial charge in [0.25, 0.3) is 0 Å². The second-order valence-corrected chi connectivity index (χ2v) is 4.39. The summed E-state index contributed by atoms with van der Waals surface area (Å²) in [5.74, 6) is -2.55. The summed E-state index contributed by atoms with van der Waals surface area (Å²) in [7, 11) is 0. The van der Waals surface area contributed by atoms with E-state index in [1.165, 1.54) is 24.3 Å². The molecule has 0 radical (unpaired) electrons. The lowest BCUT2D eigenvalue weighted by Gasteiger charge is -2.26. The lowest BCUT2D eigenvalue weighted by atomic mass is 10.0. The molecule has 0 aliphatic heterocycles. The SMILES string of the molecule is CC(N)(C(=O)NCc1cccc(C(=O)O)c1)C(F)(F)F. The third-order valence-corrected chi connectivity index (χ3v) is 2.69. The van der Waals surface area contributed by atoms with Crippen molar-refractivity contribution in [2.45, 2.75) is 25.2 Å². The number of carbonyl (C=O) groups is 2. The number of alkyl halides is 3. The molecule has 1 unspecified atom stereocenters. The summed E-state index contributed by atoms with van der Waals surface area (Å²) in [4.78, 5) is 22.2. The van der Waals surface area contributed by atoms with Gasteiger partial charge in [0.2, 0.25) is 5.91 Å². The van der Waals surface area contributed by atoms with Gasteiger partial charge in [0.15, 0.2) is 5.54 Å². The Kier molecular flexibility index (Phi) is 4.39. The zero-order chi connectivity index (χ0) is 15.6. The van der Waals surface area contributed by atoms with Crippen LogP contribution in [-0.4, -0.2) is 28.7 Å². The molecule has 4 N–H and O–H groups in total. The zero-order valence-corrected chi connectivity index (χ0v) is 10.5. The number of carboxylic acid groups (broad SMARTS) is 1. The Morgan fingerprint density at radius 2 is 1.95 bits per heavy atom. The molecular formula is C12H13F3N2O3. The average Bonchev–Trinajstić information content (AvgIpc) is 2.34. The molecule has 0 aliphatic rings. The number of carbonyl (C=O) groups excluding carboxylic acids is 1. The van der Waals surface area contributed by atoms with Crippen LogP contribution < -0.4 is 11.1 Å². The molecular weight excluding hydrogens is 277 g/mol. The first kappa shape index (κ1) is 16.0. The lowest BCUT2D eigenvalue weighted by Crippen LogP contribution is -2.61. The number of nitrogens with two attached hydrogens (primary N) is 1. The highest BCUT2D eigenvalue weighted by molar-refractivity contribution is 5.88. The first-order chi connectivity index (χ1) is 9.05. The highest BCUT2D eigenvalue weighted by Gasteiger charge is 2.53. The number of hydrogen-bond acceptors (Lipinski definition) is 3. The average molecular weight is 290 g/mol. The number of hydrogen-bond donors (Lipinski definition) is 3. The molecule has 0 saturated carbocycles. The summed E-state index contributed by atoms with van der Waals surface area (Å²) < 4.78 is 37.5. The number of benzene rings is 1. The fourth-order valence-electron chi connectivity index (χ4n) is 1.31. The minimum absolute atomic E-state index is 0.0249. The quantitative estimate of drug-likeness (QED) is 0.779. The van der Waals surface area contributed by atoms with Crippen molar-refractivity contribution in [3.8, 4) is 0 Å². The monoisotopic (exact) mass is 290 g/mol. The van der Waals surface area contributed by atoms with Crippen molar-refractivity contribution in [3.05, 3.63) is 35.4 Å². The predicted octanol–water partition coefficient (Wildman–Crippen LogP) is 1.28. The van der Waals surface area contributed by atoms with Gasteiger partial charge in [0.05, 0.1) is 5.56 Å². The van der Waals surface area contributed by atoms with Gasteiger partial charge in [-0.25, -0.2) is 4.79 Å². The smallest absolute Gasteiger partial charge is 0.415 e. The largest absolute Gasteiger partial charge is 0.478 e. The highest BCUT2D eigenvalue weighted by Crippen LogP contribution is 2.27. The van der Waals surface area contributed by atoms with E-state index in [9.17, 15) is 22.8 Å². The van der Waals surface area contributed by atoms with Gasteiger partial charge >= 0.3 is 12.1 Å². The summed E-state index contributed by atoms with van der Waals surface area (Å²) >= 11 is 0. The Labute approximate surface area is 112 Å². The van der Waals surface area contributed by atoms with E-state index in [1.54, 1.807) is 0 Å². The number of amides is 1. The molecule has 1 atom stereocenters. The van der Waals surface area contributed by atoms with Gasteiger partial charge in [0, 0.05) is 6.54 Å². The Morgan fingerprint density at radius 3 is 2.45 bits per heavy atom. The molecule has 0 saturated heterocycles. The number of nitrogens with one attached hydrogen (secondary N) is 1. The molecule has 0 aromatic heterocycles. The first-order valence-electron chi connectivity index (χ1n) is 5.52. The van der Waals surface area contributed by atoms with Crippen LogP contribution in [0.15, 0.2) is 24.3 Å². The van der Waals surface area contributed by atoms with Crippen molar-refractivity contribution >= 4 is 11.9 Å². The van der Waals surface area contributed by atoms with E-state index < -0.39 is 23.6 Å². The molecule has 1 aromatic rings. The maximum absolute atomic E-state index is 12.5. The molecule has 8 heteroatoms. The molecule has 20 heavy (non-hydrogen) atoms. The van der Waals surface area contributed by atoms with Crippen molar-refractivity contribution in [3.63, 3.8) is 0 Å². The minimum atomic E-state index is -4.88. The molecule has 0 aliphatic carbocycles. The van der Waals surface area contributed by atoms with Crippen LogP contribution in [0.1, 0.15) is 22.8 Å². The molecule has 1 amide bonds. The second-order valence-electron chi connectivity index (χ2n) is 4.39. The normalized spacial score (nSPS) is 14.4. The second kappa shape index (κ2) is 5.49. The summed E-state index contributed by atoms with van der Waals surface area (Å²) in [5.41, 5.74) is 2.28. The van der Waals surface area contributed by atoms with Crippen LogP contribution in [0, 0.1) is 0 Å². The van der Waals surface area contributed by atoms with Gasteiger partial charge < -0.3 is 16.2 Å². The molecule has 0 heterocycles. The van der Waals surface area contributed by atoms with Crippen LogP contribution in [0.25, 0.3) is 0 Å². The molecule has 5 nitrogen and oxygen atoms in total. The maximum atomic E-state index is 12.5. The van der Waals surface area contributed by atoms with Crippen LogP contribution in [0.2, 0.25) is 0 Å². The van der Waals surface area contributed by atoms with Gasteiger partial charge in [-0.2, -0.15) is 13.2 Å². The Bertz CT molecular complexity index is 527. The summed E-state index contributed by atoms with van der Waals surface area (Å²) in [6, 6.07) is 5.49. The number of aromatic carboxylic acids is 1. The lowest BCUT2D eigenvalue weighted by molar-refractivity contribution is -0.187. The molecule has 0 bridgehead atoms. The number of rotatable bonds is 4. The van der Waals surface area contributed by atoms with Crippen molar-refractivity contribution in [1.82, 2.24) is 5.32 Å². The van der Waals surface area contributed by atoms with E-state index in [1.807, 2.05) is 5.32 Å². The predicted molar refractivity (Wildman–Crippen MR) is 63.9 cm³/mol. The fourth-order valence-corrected chi connectivity index (χ4v) is 1.31. The summed E-state index contributed by atoms with van der Waals surface area (Å²) in [6.45, 7) is 0.318. The van der Waals surface area contributed by atoms with Crippen LogP contribution in [0.4, 0.5) is 13.2 Å². The van der Waals surface area contributed by atoms with Crippen molar-refractivity contribution in [2.75, 3.05) is 0 Å². The van der Waals surface area contributed by atoms with Crippen LogP contribution in [-0.2, 0) is 11.3 Å². The fraction of sp³-hybridized carbons (Fsp3) is 0.333. The topological polar surface area (TPSA) is 92.4 Å². The number of carboxylic acids is 1. The molecule has 110 valence electrons. The zero-order valence-electron chi connectivity index (χ0n) is 10.5. The van der Waals surface area contributed by atoms with Gasteiger partial charge in [-0.3, -0.25) is 4.79 Å². The van der Waals surface area contributed by atoms with Crippen LogP contribution >= 0.6 is 0 Å². The first-order valence-corrected chi connectivity index (χ1v) is 5.52. The third-order valence-electron chi connectivity index (χ3n) is 2.69. The standard InChI is InChI=1S/C12H13F3N2O3/c1-11(16,12(13,14)15)10(20)17-6-7-3-2-4-8(5-7)9(18)19/h2-5H,6,16H2,1H3,(H,17,20)(H,18,19). The van der Waals surface area contributed by atoms with Gasteiger partial charge in [-0.15, -0.1) is 0 Å². The minimum Gasteiger partial charge on any atom is -0.478 e. The van der Waals surface area contributed by atoms with Crippen molar-refractivity contribution in [1.29, 1.82) is 0 Å². The van der Waals surface area contributed by atoms with Crippen LogP contribution in [0.3, 0.4) is 0 Å². The Balaban J connectivity index is 2.75. The van der Waals surface area contributed by atoms with Crippen molar-refractivity contribution in [2.24, 2.45) is 5.73 Å². The summed E-state index contributed by atoms with van der Waals surface area (Å²) in [5, 5.41) is 10.8. The van der Waals surface area contributed by atoms with E-state index in [4.69, 9.17) is 10.8 Å². The molecule has 0 spiro atoms. The van der Waals surface area contributed by atoms with Gasteiger partial charge in [-0.1, -0.05) is 12.1 Å². The third kappa shape index (κ3) is 3.47. The van der Waals surface area contributed by atoms with Crippen molar-refractivity contribution < 1.29 is 27.9 Å². The molecule has 1 aromatic carbocycles. The van der Waals surface area contributed by atoms with E-state index in [0.29, 0.717) is 12.5 Å². The summed E-state index contributed by atoms with van der Waals surface area (Å²) in [6.07, 6.45) is -4.88. The van der Waals surface area contributed by atoms with E-state index in [-0.39, 0.29) is 12.1 Å². The Morgan fingerprint density at radius 1 is 1.35 bits per heavy atom. The Hall–Kier alpha value is -2.09.